The van der Waals surface area contributed by atoms with Gasteiger partial charge in [0, 0.05) is 0 Å². The van der Waals surface area contributed by atoms with Crippen molar-refractivity contribution in [1.29, 1.82) is 0 Å². The Bertz CT molecular complexity index is 684. The largest absolute Gasteiger partial charge is 0.480 e. The number of benzene rings is 1. The van der Waals surface area contributed by atoms with Gasteiger partial charge in [-0.3, -0.25) is 9.59 Å². The predicted octanol–water partition coefficient (Wildman–Crippen LogP) is -1.06. The van der Waals surface area contributed by atoms with Gasteiger partial charge in [0.25, 0.3) is 5.97 Å². The number of carboxylic acids is 1. The Morgan fingerprint density at radius 2 is 1.62 bits per heavy atom. The molecule has 10 radical (unpaired) electrons. The molecule has 1 aromatic rings. The Balaban J connectivity index is 3.03. The summed E-state index contributed by atoms with van der Waals surface area (Å²) in [6, 6.07) is 8.50. The van der Waals surface area contributed by atoms with Crippen LogP contribution in [0.4, 0.5) is 4.79 Å². The minimum atomic E-state index is -2.97. The first-order valence-corrected chi connectivity index (χ1v) is 7.15. The maximum absolute atomic E-state index is 12.0. The number of nitrogens with one attached hydrogen (secondary N) is 1. The van der Waals surface area contributed by atoms with E-state index in [-0.39, 0.29) is 6.61 Å². The molecular weight excluding hydrogens is 332 g/mol. The van der Waals surface area contributed by atoms with E-state index >= 15 is 0 Å². The molecule has 0 aliphatic heterocycles. The van der Waals surface area contributed by atoms with E-state index in [1.807, 2.05) is 0 Å². The van der Waals surface area contributed by atoms with Crippen molar-refractivity contribution < 1.29 is 29.0 Å². The van der Waals surface area contributed by atoms with Crippen molar-refractivity contribution >= 4 is 57.3 Å². The third-order valence-corrected chi connectivity index (χ3v) is 3.71. The lowest BCUT2D eigenvalue weighted by Crippen LogP contribution is -2.67. The third kappa shape index (κ3) is 4.11. The minimum absolute atomic E-state index is 0.197. The number of hydrogen-bond acceptors (Lipinski definition) is 5. The molecule has 1 rings (SSSR count). The second kappa shape index (κ2) is 7.97. The number of aliphatic carboxylic acids is 1. The Hall–Kier alpha value is -2.25. The predicted molar refractivity (Wildman–Crippen MR) is 96.3 cm³/mol. The molecule has 0 aliphatic rings. The van der Waals surface area contributed by atoms with Gasteiger partial charge in [0.05, 0.1) is 43.9 Å². The fraction of sp³-hybridized carbons (Fsp3) is 0.357. The molecule has 0 heterocycles. The number of ether oxygens (including phenoxy) is 2. The van der Waals surface area contributed by atoms with Crippen LogP contribution in [0.15, 0.2) is 30.3 Å². The number of alkyl carbamates (subject to hydrolysis) is 1. The molecular formula is C14H12B5NO6. The second-order valence-corrected chi connectivity index (χ2v) is 5.53. The molecule has 26 heavy (non-hydrogen) atoms. The van der Waals surface area contributed by atoms with Crippen LogP contribution in [0.3, 0.4) is 0 Å². The molecule has 1 atom stereocenters. The van der Waals surface area contributed by atoms with Crippen LogP contribution in [0.2, 0.25) is 10.4 Å². The average molecular weight is 344 g/mol. The molecule has 0 bridgehead atoms. The number of carbonyl (C=O) groups excluding carboxylic acids is 2. The van der Waals surface area contributed by atoms with Crippen LogP contribution in [0.25, 0.3) is 0 Å². The van der Waals surface area contributed by atoms with Crippen molar-refractivity contribution in [1.82, 2.24) is 5.32 Å². The first-order valence-electron chi connectivity index (χ1n) is 7.15. The molecule has 1 amide bonds. The summed E-state index contributed by atoms with van der Waals surface area (Å²) in [7, 11) is 28.9. The summed E-state index contributed by atoms with van der Waals surface area (Å²) in [5.74, 6) is -3.26. The van der Waals surface area contributed by atoms with Gasteiger partial charge in [-0.2, -0.15) is 0 Å². The van der Waals surface area contributed by atoms with Crippen LogP contribution in [0.5, 0.6) is 0 Å². The van der Waals surface area contributed by atoms with Crippen LogP contribution < -0.4 is 5.32 Å². The van der Waals surface area contributed by atoms with Gasteiger partial charge in [0.15, 0.2) is 0 Å². The molecule has 7 nitrogen and oxygen atoms in total. The topological polar surface area (TPSA) is 102 Å². The van der Waals surface area contributed by atoms with Crippen LogP contribution in [0.1, 0.15) is 5.56 Å². The molecule has 12 heteroatoms. The molecule has 0 fully saturated rings. The number of hydrogen-bond donors (Lipinski definition) is 2. The quantitative estimate of drug-likeness (QED) is 0.483. The number of carbonyl (C=O) groups is 3. The molecule has 0 aliphatic carbocycles. The number of methoxy groups -OCH3 is 1. The summed E-state index contributed by atoms with van der Waals surface area (Å²) in [5.41, 5.74) is -2.35. The van der Waals surface area contributed by atoms with Crippen molar-refractivity contribution in [2.24, 2.45) is 0 Å². The summed E-state index contributed by atoms with van der Waals surface area (Å²) < 4.78 is 9.21. The molecule has 0 unspecified atom stereocenters. The summed E-state index contributed by atoms with van der Waals surface area (Å²) >= 11 is 0. The lowest BCUT2D eigenvalue weighted by molar-refractivity contribution is -0.145. The number of carboxylic acid groups (broad SMARTS) is 1. The van der Waals surface area contributed by atoms with Crippen molar-refractivity contribution in [3.8, 4) is 0 Å². The van der Waals surface area contributed by atoms with Gasteiger partial charge in [0.1, 0.15) is 14.5 Å². The minimum Gasteiger partial charge on any atom is -0.480 e. The zero-order chi connectivity index (χ0) is 20.2. The van der Waals surface area contributed by atoms with Gasteiger partial charge in [-0.05, 0) is 10.8 Å². The van der Waals surface area contributed by atoms with Crippen LogP contribution >= 0.6 is 0 Å². The molecule has 1 aromatic carbocycles. The second-order valence-electron chi connectivity index (χ2n) is 5.53. The van der Waals surface area contributed by atoms with Crippen molar-refractivity contribution in [2.45, 2.75) is 22.5 Å². The molecule has 2 N–H and O–H groups in total. The van der Waals surface area contributed by atoms with E-state index in [0.29, 0.717) is 5.56 Å². The Morgan fingerprint density at radius 3 is 2.08 bits per heavy atom. The highest BCUT2D eigenvalue weighted by molar-refractivity contribution is 6.64. The number of rotatable bonds is 7. The van der Waals surface area contributed by atoms with Gasteiger partial charge < -0.3 is 19.9 Å². The van der Waals surface area contributed by atoms with E-state index in [4.69, 9.17) is 44.0 Å². The Morgan fingerprint density at radius 1 is 1.08 bits per heavy atom. The molecule has 0 saturated heterocycles. The first kappa shape index (κ1) is 21.8. The van der Waals surface area contributed by atoms with Gasteiger partial charge in [-0.1, -0.05) is 35.5 Å². The van der Waals surface area contributed by atoms with Crippen molar-refractivity contribution in [3.05, 3.63) is 35.9 Å². The fourth-order valence-electron chi connectivity index (χ4n) is 1.92. The van der Waals surface area contributed by atoms with E-state index in [0.717, 1.165) is 7.11 Å². The van der Waals surface area contributed by atoms with Gasteiger partial charge in [0.2, 0.25) is 0 Å². The van der Waals surface area contributed by atoms with E-state index < -0.39 is 33.9 Å². The highest BCUT2D eigenvalue weighted by atomic mass is 16.5. The lowest BCUT2D eigenvalue weighted by Gasteiger charge is -2.51. The van der Waals surface area contributed by atoms with E-state index in [2.05, 4.69) is 4.74 Å². The van der Waals surface area contributed by atoms with Gasteiger partial charge >= 0.3 is 12.1 Å². The lowest BCUT2D eigenvalue weighted by atomic mass is 9.22. The van der Waals surface area contributed by atoms with Crippen LogP contribution in [-0.2, 0) is 25.7 Å². The first-order chi connectivity index (χ1) is 11.9. The maximum Gasteiger partial charge on any atom is 0.407 e. The Labute approximate surface area is 157 Å². The standard InChI is InChI=1S/C14H12B5NO6/c1-25-10(23)12(15,16)14(18,19)13(17,9(21)22)20-11(24)26-7-8-5-3-2-4-6-8/h2-6H,7H2,1H3,(H,20,24)(H,21,22)/t13-/m1/s1. The normalized spacial score (nSPS) is 13.9. The smallest absolute Gasteiger partial charge is 0.407 e. The number of esters is 1. The molecule has 0 aromatic heterocycles. The Kier molecular flexibility index (Phi) is 6.68. The van der Waals surface area contributed by atoms with Gasteiger partial charge in [-0.15, -0.1) is 0 Å². The average Bonchev–Trinajstić information content (AvgIpc) is 2.59. The highest BCUT2D eigenvalue weighted by Crippen LogP contribution is 2.49. The zero-order valence-corrected chi connectivity index (χ0v) is 14.0. The fourth-order valence-corrected chi connectivity index (χ4v) is 1.92. The number of amides is 1. The summed E-state index contributed by atoms with van der Waals surface area (Å²) in [6.07, 6.45) is -1.28. The summed E-state index contributed by atoms with van der Waals surface area (Å²) in [4.78, 5) is 35.3. The van der Waals surface area contributed by atoms with Gasteiger partial charge in [-0.25, -0.2) is 4.79 Å². The summed E-state index contributed by atoms with van der Waals surface area (Å²) in [5, 5.41) is 5.56. The van der Waals surface area contributed by atoms with E-state index in [1.165, 1.54) is 0 Å². The molecule has 0 saturated carbocycles. The van der Waals surface area contributed by atoms with Crippen molar-refractivity contribution in [3.63, 3.8) is 0 Å². The SMILES string of the molecule is [B]C([B])(C(=O)OC)C([B])([B])[C@]([B])(NC(=O)OCc1ccccc1)C(=O)O. The molecule has 0 spiro atoms. The van der Waals surface area contributed by atoms with Crippen molar-refractivity contribution in [2.75, 3.05) is 7.11 Å². The van der Waals surface area contributed by atoms with Crippen LogP contribution in [0, 0.1) is 0 Å². The highest BCUT2D eigenvalue weighted by Gasteiger charge is 2.56. The third-order valence-electron chi connectivity index (χ3n) is 3.71. The zero-order valence-electron chi connectivity index (χ0n) is 14.0. The van der Waals surface area contributed by atoms with Crippen LogP contribution in [-0.4, -0.2) is 74.9 Å². The maximum atomic E-state index is 12.0. The summed E-state index contributed by atoms with van der Waals surface area (Å²) in [6.45, 7) is -0.197. The molecule has 124 valence electrons. The monoisotopic (exact) mass is 345 g/mol. The van der Waals surface area contributed by atoms with E-state index in [9.17, 15) is 19.5 Å². The van der Waals surface area contributed by atoms with E-state index in [1.54, 1.807) is 35.6 Å².